The van der Waals surface area contributed by atoms with Gasteiger partial charge in [0.05, 0.1) is 6.04 Å². The Morgan fingerprint density at radius 3 is 2.20 bits per heavy atom. The molecule has 54 heavy (non-hydrogen) atoms. The maximum absolute atomic E-state index is 12.8. The third-order valence-corrected chi connectivity index (χ3v) is 21.0. The highest BCUT2D eigenvalue weighted by Gasteiger charge is 2.54. The molecule has 1 unspecified atom stereocenters. The van der Waals surface area contributed by atoms with Gasteiger partial charge in [0.15, 0.2) is 22.4 Å². The van der Waals surface area contributed by atoms with E-state index < -0.39 is 34.4 Å². The molecule has 1 aromatic carbocycles. The number of ether oxygens (including phenoxy) is 1. The highest BCUT2D eigenvalue weighted by atomic mass is 28.4. The molecule has 5 atom stereocenters. The van der Waals surface area contributed by atoms with Crippen LogP contribution in [0.15, 0.2) is 47.2 Å². The van der Waals surface area contributed by atoms with E-state index >= 15 is 0 Å². The van der Waals surface area contributed by atoms with Crippen LogP contribution in [0.5, 0.6) is 0 Å². The molecular weight excluding hydrogens is 711 g/mol. The van der Waals surface area contributed by atoms with E-state index in [4.69, 9.17) is 23.1 Å². The number of alkyl carbamates (subject to hydrolysis) is 1. The van der Waals surface area contributed by atoms with Crippen molar-refractivity contribution in [2.45, 2.75) is 123 Å². The summed E-state index contributed by atoms with van der Waals surface area (Å²) >= 11 is 0. The van der Waals surface area contributed by atoms with Crippen molar-refractivity contribution in [2.75, 3.05) is 32.8 Å². The van der Waals surface area contributed by atoms with Crippen molar-refractivity contribution in [3.05, 3.63) is 59.8 Å². The average molecular weight is 776 g/mol. The molecule has 1 aliphatic carbocycles. The molecule has 0 radical (unpaired) electrons. The molecule has 12 heteroatoms. The highest BCUT2D eigenvalue weighted by Crippen LogP contribution is 2.51. The molecule has 1 aliphatic heterocycles. The second-order valence-electron chi connectivity index (χ2n) is 19.3. The molecule has 2 fully saturated rings. The molecule has 0 bridgehead atoms. The number of piperidine rings is 1. The van der Waals surface area contributed by atoms with Crippen molar-refractivity contribution in [2.24, 2.45) is 17.8 Å². The third kappa shape index (κ3) is 10.1. The van der Waals surface area contributed by atoms with Crippen LogP contribution < -0.4 is 5.32 Å². The number of nitrogens with zero attached hydrogens (tertiary/aromatic N) is 4. The standard InChI is InChI=1S/C42H65N5O5Si2/c1-29(52-54(13,14)42(8,9)10)38-43-21-22-47(38)36(26-44-39(48)50-40(2,3)4)35-25-37(51-45-35)31-18-15-30(16-19-31)17-20-32-33-27-46(28-34(32)33)23-24-49-53(11,12)41(5,6)7/h15-16,18-19,21-22,25,29,32-34,36H,23-24,26-28H2,1-14H3,(H,44,48)/t29?,32-,33-,34+,36-/m1/s1. The Hall–Kier alpha value is -3.22. The summed E-state index contributed by atoms with van der Waals surface area (Å²) in [4.78, 5) is 20.0. The first-order valence-corrected chi connectivity index (χ1v) is 25.4. The minimum atomic E-state index is -2.09. The summed E-state index contributed by atoms with van der Waals surface area (Å²) in [5, 5.41) is 7.72. The predicted molar refractivity (Wildman–Crippen MR) is 220 cm³/mol. The Balaban J connectivity index is 1.24. The zero-order chi connectivity index (χ0) is 39.9. The first kappa shape index (κ1) is 41.9. The minimum absolute atomic E-state index is 0.0397. The van der Waals surface area contributed by atoms with Crippen molar-refractivity contribution in [3.8, 4) is 23.2 Å². The van der Waals surface area contributed by atoms with Gasteiger partial charge in [-0.25, -0.2) is 9.78 Å². The summed E-state index contributed by atoms with van der Waals surface area (Å²) in [6, 6.07) is 9.66. The molecule has 1 saturated carbocycles. The van der Waals surface area contributed by atoms with E-state index in [-0.39, 0.29) is 22.7 Å². The maximum atomic E-state index is 12.8. The van der Waals surface area contributed by atoms with Gasteiger partial charge in [-0.15, -0.1) is 0 Å². The number of fused-ring (bicyclic) bond motifs is 1. The molecule has 2 aromatic heterocycles. The second-order valence-corrected chi connectivity index (χ2v) is 28.9. The number of amides is 1. The topological polar surface area (TPSA) is 104 Å². The summed E-state index contributed by atoms with van der Waals surface area (Å²) in [5.41, 5.74) is 1.92. The van der Waals surface area contributed by atoms with E-state index in [2.05, 4.69) is 94.9 Å². The van der Waals surface area contributed by atoms with Crippen LogP contribution in [0.2, 0.25) is 36.3 Å². The van der Waals surface area contributed by atoms with E-state index in [1.807, 2.05) is 68.8 Å². The van der Waals surface area contributed by atoms with Crippen molar-refractivity contribution in [1.82, 2.24) is 24.9 Å². The van der Waals surface area contributed by atoms with Crippen LogP contribution in [0.4, 0.5) is 4.79 Å². The Morgan fingerprint density at radius 2 is 1.61 bits per heavy atom. The van der Waals surface area contributed by atoms with Crippen LogP contribution in [-0.4, -0.2) is 80.7 Å². The van der Waals surface area contributed by atoms with Gasteiger partial charge >= 0.3 is 6.09 Å². The van der Waals surface area contributed by atoms with Gasteiger partial charge in [0.1, 0.15) is 23.2 Å². The van der Waals surface area contributed by atoms with Crippen LogP contribution in [-0.2, 0) is 13.6 Å². The van der Waals surface area contributed by atoms with E-state index in [1.54, 1.807) is 6.20 Å². The van der Waals surface area contributed by atoms with Crippen molar-refractivity contribution in [3.63, 3.8) is 0 Å². The zero-order valence-electron chi connectivity index (χ0n) is 35.3. The number of nitrogens with one attached hydrogen (secondary N) is 1. The number of aromatic nitrogens is 3. The van der Waals surface area contributed by atoms with Crippen LogP contribution in [0.3, 0.4) is 0 Å². The number of imidazole rings is 1. The Morgan fingerprint density at radius 1 is 0.981 bits per heavy atom. The monoisotopic (exact) mass is 775 g/mol. The van der Waals surface area contributed by atoms with Crippen LogP contribution in [0.1, 0.15) is 98.5 Å². The fraction of sp³-hybridized carbons (Fsp3) is 0.643. The quantitative estimate of drug-likeness (QED) is 0.144. The fourth-order valence-electron chi connectivity index (χ4n) is 6.54. The molecule has 296 valence electrons. The Labute approximate surface area is 326 Å². The van der Waals surface area contributed by atoms with Gasteiger partial charge in [0.25, 0.3) is 0 Å². The Kier molecular flexibility index (Phi) is 12.2. The molecule has 3 heterocycles. The molecule has 10 nitrogen and oxygen atoms in total. The average Bonchev–Trinajstić information content (AvgIpc) is 3.54. The largest absolute Gasteiger partial charge is 0.444 e. The molecule has 3 aromatic rings. The van der Waals surface area contributed by atoms with Gasteiger partial charge in [-0.3, -0.25) is 0 Å². The lowest BCUT2D eigenvalue weighted by atomic mass is 10.1. The van der Waals surface area contributed by atoms with Gasteiger partial charge < -0.3 is 32.9 Å². The van der Waals surface area contributed by atoms with Crippen LogP contribution >= 0.6 is 0 Å². The molecule has 0 spiro atoms. The van der Waals surface area contributed by atoms with Gasteiger partial charge in [-0.2, -0.15) is 0 Å². The lowest BCUT2D eigenvalue weighted by Gasteiger charge is -2.38. The number of benzene rings is 1. The van der Waals surface area contributed by atoms with Gasteiger partial charge in [0, 0.05) is 68.3 Å². The van der Waals surface area contributed by atoms with E-state index in [1.165, 1.54) is 0 Å². The first-order chi connectivity index (χ1) is 25.0. The Bertz CT molecular complexity index is 1790. The predicted octanol–water partition coefficient (Wildman–Crippen LogP) is 9.29. The summed E-state index contributed by atoms with van der Waals surface area (Å²) in [7, 11) is -3.80. The van der Waals surface area contributed by atoms with Crippen LogP contribution in [0.25, 0.3) is 11.3 Å². The molecule has 2 aliphatic rings. The molecule has 1 N–H and O–H groups in total. The maximum Gasteiger partial charge on any atom is 0.407 e. The van der Waals surface area contributed by atoms with Crippen LogP contribution in [0, 0.1) is 29.6 Å². The van der Waals surface area contributed by atoms with E-state index in [0.717, 1.165) is 43.2 Å². The van der Waals surface area contributed by atoms with Gasteiger partial charge in [-0.1, -0.05) is 58.5 Å². The normalized spacial score (nSPS) is 20.5. The molecule has 5 rings (SSSR count). The van der Waals surface area contributed by atoms with Gasteiger partial charge in [0.2, 0.25) is 0 Å². The van der Waals surface area contributed by atoms with E-state index in [9.17, 15) is 4.79 Å². The first-order valence-electron chi connectivity index (χ1n) is 19.6. The second kappa shape index (κ2) is 15.7. The van der Waals surface area contributed by atoms with Crippen molar-refractivity contribution < 1.29 is 22.9 Å². The summed E-state index contributed by atoms with van der Waals surface area (Å²) in [5.74, 6) is 10.2. The number of hydrogen-bond acceptors (Lipinski definition) is 8. The van der Waals surface area contributed by atoms with Gasteiger partial charge in [-0.05, 0) is 100 Å². The lowest BCUT2D eigenvalue weighted by molar-refractivity contribution is 0.0521. The number of likely N-dealkylation sites (tertiary alicyclic amines) is 1. The minimum Gasteiger partial charge on any atom is -0.444 e. The summed E-state index contributed by atoms with van der Waals surface area (Å²) in [6.45, 7) is 34.5. The number of carbonyl (C=O) groups is 1. The SMILES string of the molecule is CC(O[Si](C)(C)C(C)(C)C)c1nccn1[C@H](CNC(=O)OC(C)(C)C)c1cc(-c2ccc(C#C[C@@H]3[C@H]4CN(CCO[Si](C)(C)C(C)(C)C)C[C@@H]34)cc2)on1. The number of carbonyl (C=O) groups excluding carboxylic acids is 1. The third-order valence-electron chi connectivity index (χ3n) is 11.9. The molecule has 1 amide bonds. The summed E-state index contributed by atoms with van der Waals surface area (Å²) in [6.07, 6.45) is 2.89. The molecule has 1 saturated heterocycles. The van der Waals surface area contributed by atoms with Crippen molar-refractivity contribution >= 4 is 22.7 Å². The zero-order valence-corrected chi connectivity index (χ0v) is 37.3. The highest BCUT2D eigenvalue weighted by molar-refractivity contribution is 6.74. The fourth-order valence-corrected chi connectivity index (χ4v) is 8.91. The lowest BCUT2D eigenvalue weighted by Crippen LogP contribution is -2.42. The summed E-state index contributed by atoms with van der Waals surface area (Å²) < 4.78 is 26.6. The van der Waals surface area contributed by atoms with E-state index in [0.29, 0.717) is 29.2 Å². The number of hydrogen-bond donors (Lipinski definition) is 1. The van der Waals surface area contributed by atoms with Crippen molar-refractivity contribution in [1.29, 1.82) is 0 Å². The smallest absolute Gasteiger partial charge is 0.407 e. The molecular formula is C42H65N5O5Si2. The number of rotatable bonds is 12.